The first-order chi connectivity index (χ1) is 12.8. The van der Waals surface area contributed by atoms with Gasteiger partial charge >= 0.3 is 0 Å². The third-order valence-corrected chi connectivity index (χ3v) is 4.35. The summed E-state index contributed by atoms with van der Waals surface area (Å²) in [6, 6.07) is 24.3. The second-order valence-corrected chi connectivity index (χ2v) is 6.11. The van der Waals surface area contributed by atoms with Crippen molar-refractivity contribution in [1.82, 2.24) is 5.32 Å². The molecule has 0 unspecified atom stereocenters. The number of hydrogen-bond acceptors (Lipinski definition) is 2. The highest BCUT2D eigenvalue weighted by molar-refractivity contribution is 6.06. The average Bonchev–Trinajstić information content (AvgIpc) is 3.06. The minimum atomic E-state index is 0.719. The fourth-order valence-electron chi connectivity index (χ4n) is 3.07. The van der Waals surface area contributed by atoms with E-state index in [4.69, 9.17) is 9.41 Å². The van der Waals surface area contributed by atoms with Crippen LogP contribution in [-0.4, -0.2) is 12.4 Å². The van der Waals surface area contributed by atoms with Crippen LogP contribution in [0.2, 0.25) is 0 Å². The fourth-order valence-corrected chi connectivity index (χ4v) is 3.07. The molecule has 0 radical (unpaired) electrons. The van der Waals surface area contributed by atoms with Crippen LogP contribution in [0.4, 0.5) is 0 Å². The van der Waals surface area contributed by atoms with Crippen molar-refractivity contribution in [3.8, 4) is 0 Å². The second-order valence-electron chi connectivity index (χ2n) is 6.11. The Morgan fingerprint density at radius 2 is 1.62 bits per heavy atom. The molecule has 4 rings (SSSR count). The topological polar surface area (TPSA) is 37.5 Å². The Kier molecular flexibility index (Phi) is 4.28. The van der Waals surface area contributed by atoms with Gasteiger partial charge in [-0.25, -0.2) is 4.99 Å². The Morgan fingerprint density at radius 3 is 2.42 bits per heavy atom. The fraction of sp³-hybridized carbons (Fsp3) is 0.0870. The molecule has 3 heteroatoms. The first-order valence-corrected chi connectivity index (χ1v) is 8.75. The van der Waals surface area contributed by atoms with Crippen molar-refractivity contribution in [3.05, 3.63) is 90.5 Å². The summed E-state index contributed by atoms with van der Waals surface area (Å²) in [5.74, 6) is 0.829. The lowest BCUT2D eigenvalue weighted by Gasteiger charge is -2.09. The lowest BCUT2D eigenvalue weighted by atomic mass is 10.1. The highest BCUT2D eigenvalue weighted by atomic mass is 16.3. The van der Waals surface area contributed by atoms with Crippen LogP contribution < -0.4 is 5.32 Å². The molecule has 3 aromatic carbocycles. The molecule has 1 heterocycles. The molecular formula is C23H20N2O. The number of fused-ring (bicyclic) bond motifs is 3. The Balaban J connectivity index is 1.76. The van der Waals surface area contributed by atoms with E-state index < -0.39 is 0 Å². The molecule has 4 aromatic rings. The van der Waals surface area contributed by atoms with Gasteiger partial charge in [0.2, 0.25) is 0 Å². The maximum atomic E-state index is 5.90. The molecule has 26 heavy (non-hydrogen) atoms. The van der Waals surface area contributed by atoms with Crippen LogP contribution in [0.5, 0.6) is 0 Å². The van der Waals surface area contributed by atoms with E-state index in [-0.39, 0.29) is 0 Å². The zero-order valence-electron chi connectivity index (χ0n) is 14.7. The van der Waals surface area contributed by atoms with Gasteiger partial charge in [-0.2, -0.15) is 0 Å². The van der Waals surface area contributed by atoms with Crippen LogP contribution in [-0.2, 0) is 0 Å². The number of furan rings is 1. The van der Waals surface area contributed by atoms with Crippen LogP contribution in [0, 0.1) is 0 Å². The van der Waals surface area contributed by atoms with E-state index in [9.17, 15) is 0 Å². The maximum Gasteiger partial charge on any atom is 0.135 e. The molecule has 1 aromatic heterocycles. The van der Waals surface area contributed by atoms with Gasteiger partial charge in [0, 0.05) is 28.4 Å². The van der Waals surface area contributed by atoms with E-state index in [1.807, 2.05) is 60.7 Å². The van der Waals surface area contributed by atoms with Crippen LogP contribution in [0.15, 0.2) is 88.8 Å². The summed E-state index contributed by atoms with van der Waals surface area (Å²) in [5.41, 5.74) is 4.52. The molecule has 0 amide bonds. The average molecular weight is 340 g/mol. The minimum Gasteiger partial charge on any atom is -0.456 e. The van der Waals surface area contributed by atoms with Crippen LogP contribution in [0.3, 0.4) is 0 Å². The maximum absolute atomic E-state index is 5.90. The number of benzene rings is 3. The van der Waals surface area contributed by atoms with E-state index in [0.717, 1.165) is 51.1 Å². The molecule has 0 aliphatic carbocycles. The summed E-state index contributed by atoms with van der Waals surface area (Å²) in [5, 5.41) is 5.52. The van der Waals surface area contributed by atoms with Gasteiger partial charge in [-0.3, -0.25) is 0 Å². The SMILES string of the molecule is C=C(/N=C(\NCC)c1ccccc1)c1ccc2oc3ccccc3c2c1. The van der Waals surface area contributed by atoms with Crippen molar-refractivity contribution in [3.63, 3.8) is 0 Å². The molecule has 0 aliphatic heterocycles. The summed E-state index contributed by atoms with van der Waals surface area (Å²) < 4.78 is 5.90. The zero-order valence-corrected chi connectivity index (χ0v) is 14.7. The first kappa shape index (κ1) is 16.2. The number of para-hydroxylation sites is 1. The Hall–Kier alpha value is -3.33. The number of nitrogens with zero attached hydrogens (tertiary/aromatic N) is 1. The monoisotopic (exact) mass is 340 g/mol. The Labute approximate surface area is 152 Å². The van der Waals surface area contributed by atoms with Crippen LogP contribution in [0.25, 0.3) is 27.6 Å². The van der Waals surface area contributed by atoms with Crippen LogP contribution >= 0.6 is 0 Å². The van der Waals surface area contributed by atoms with Crippen molar-refractivity contribution in [2.75, 3.05) is 6.54 Å². The molecule has 0 bridgehead atoms. The molecule has 0 fully saturated rings. The van der Waals surface area contributed by atoms with E-state index in [1.165, 1.54) is 0 Å². The Bertz CT molecular complexity index is 1110. The van der Waals surface area contributed by atoms with Gasteiger partial charge in [-0.05, 0) is 31.2 Å². The third kappa shape index (κ3) is 3.00. The van der Waals surface area contributed by atoms with Gasteiger partial charge in [0.25, 0.3) is 0 Å². The van der Waals surface area contributed by atoms with Crippen molar-refractivity contribution in [2.24, 2.45) is 4.99 Å². The molecular weight excluding hydrogens is 320 g/mol. The van der Waals surface area contributed by atoms with Gasteiger partial charge in [0.05, 0.1) is 5.70 Å². The molecule has 3 nitrogen and oxygen atoms in total. The van der Waals surface area contributed by atoms with E-state index >= 15 is 0 Å². The normalized spacial score (nSPS) is 11.8. The smallest absolute Gasteiger partial charge is 0.135 e. The predicted octanol–water partition coefficient (Wildman–Crippen LogP) is 5.61. The van der Waals surface area contributed by atoms with Crippen molar-refractivity contribution in [2.45, 2.75) is 6.92 Å². The van der Waals surface area contributed by atoms with E-state index in [0.29, 0.717) is 0 Å². The first-order valence-electron chi connectivity index (χ1n) is 8.75. The number of hydrogen-bond donors (Lipinski definition) is 1. The molecule has 0 saturated heterocycles. The van der Waals surface area contributed by atoms with Crippen molar-refractivity contribution >= 4 is 33.5 Å². The summed E-state index contributed by atoms with van der Waals surface area (Å²) in [6.07, 6.45) is 0. The standard InChI is InChI=1S/C23H20N2O/c1-3-24-23(17-9-5-4-6-10-17)25-16(2)18-13-14-22-20(15-18)19-11-7-8-12-21(19)26-22/h4-15H,2-3H2,1H3,(H,24,25). The number of nitrogens with one attached hydrogen (secondary N) is 1. The molecule has 1 N–H and O–H groups in total. The van der Waals surface area contributed by atoms with Gasteiger partial charge in [0.1, 0.15) is 17.0 Å². The number of amidine groups is 1. The molecule has 0 atom stereocenters. The van der Waals surface area contributed by atoms with Gasteiger partial charge in [0.15, 0.2) is 0 Å². The van der Waals surface area contributed by atoms with Gasteiger partial charge < -0.3 is 9.73 Å². The summed E-state index contributed by atoms with van der Waals surface area (Å²) >= 11 is 0. The van der Waals surface area contributed by atoms with Gasteiger partial charge in [-0.15, -0.1) is 0 Å². The van der Waals surface area contributed by atoms with Crippen molar-refractivity contribution in [1.29, 1.82) is 0 Å². The quantitative estimate of drug-likeness (QED) is 0.387. The molecule has 0 saturated carbocycles. The van der Waals surface area contributed by atoms with Gasteiger partial charge in [-0.1, -0.05) is 55.1 Å². The largest absolute Gasteiger partial charge is 0.456 e. The van der Waals surface area contributed by atoms with Crippen LogP contribution in [0.1, 0.15) is 18.1 Å². The number of aliphatic imine (C=N–C) groups is 1. The molecule has 128 valence electrons. The lowest BCUT2D eigenvalue weighted by molar-refractivity contribution is 0.669. The second kappa shape index (κ2) is 6.89. The highest BCUT2D eigenvalue weighted by Crippen LogP contribution is 2.30. The molecule has 0 aliphatic rings. The predicted molar refractivity (Wildman–Crippen MR) is 109 cm³/mol. The number of rotatable bonds is 4. The third-order valence-electron chi connectivity index (χ3n) is 4.35. The summed E-state index contributed by atoms with van der Waals surface area (Å²) in [6.45, 7) is 7.04. The Morgan fingerprint density at radius 1 is 0.885 bits per heavy atom. The summed E-state index contributed by atoms with van der Waals surface area (Å²) in [4.78, 5) is 4.76. The van der Waals surface area contributed by atoms with E-state index in [2.05, 4.69) is 31.0 Å². The highest BCUT2D eigenvalue weighted by Gasteiger charge is 2.09. The lowest BCUT2D eigenvalue weighted by Crippen LogP contribution is -2.24. The van der Waals surface area contributed by atoms with Crippen molar-refractivity contribution < 1.29 is 4.42 Å². The summed E-state index contributed by atoms with van der Waals surface area (Å²) in [7, 11) is 0. The van der Waals surface area contributed by atoms with E-state index in [1.54, 1.807) is 0 Å². The molecule has 0 spiro atoms. The zero-order chi connectivity index (χ0) is 17.9. The minimum absolute atomic E-state index is 0.719.